The molecule has 17 heavy (non-hydrogen) atoms. The van der Waals surface area contributed by atoms with Crippen molar-refractivity contribution < 1.29 is 0 Å². The SMILES string of the molecule is CCCNC(Cc1cccs1)CC(CC)CC. The number of thiophene rings is 1. The maximum Gasteiger partial charge on any atom is 0.0118 e. The molecule has 1 heterocycles. The molecule has 0 bridgehead atoms. The van der Waals surface area contributed by atoms with Crippen LogP contribution in [-0.4, -0.2) is 12.6 Å². The van der Waals surface area contributed by atoms with Crippen molar-refractivity contribution in [3.05, 3.63) is 22.4 Å². The van der Waals surface area contributed by atoms with E-state index in [4.69, 9.17) is 0 Å². The van der Waals surface area contributed by atoms with Crippen LogP contribution < -0.4 is 5.32 Å². The fourth-order valence-electron chi connectivity index (χ4n) is 2.28. The average Bonchev–Trinajstić information content (AvgIpc) is 2.85. The molecule has 1 rings (SSSR count). The standard InChI is InChI=1S/C15H27NS/c1-4-9-16-14(11-13(5-2)6-3)12-15-8-7-10-17-15/h7-8,10,13-14,16H,4-6,9,11-12H2,1-3H3. The van der Waals surface area contributed by atoms with Crippen LogP contribution in [0.1, 0.15) is 51.3 Å². The Bertz CT molecular complexity index is 264. The number of rotatable bonds is 9. The lowest BCUT2D eigenvalue weighted by Crippen LogP contribution is -2.33. The smallest absolute Gasteiger partial charge is 0.0118 e. The van der Waals surface area contributed by atoms with Gasteiger partial charge in [-0.3, -0.25) is 0 Å². The van der Waals surface area contributed by atoms with Crippen LogP contribution in [0.25, 0.3) is 0 Å². The summed E-state index contributed by atoms with van der Waals surface area (Å²) in [5.41, 5.74) is 0. The van der Waals surface area contributed by atoms with E-state index < -0.39 is 0 Å². The molecule has 0 aromatic carbocycles. The minimum Gasteiger partial charge on any atom is -0.314 e. The Morgan fingerprint density at radius 2 is 2.00 bits per heavy atom. The molecule has 0 amide bonds. The largest absolute Gasteiger partial charge is 0.314 e. The maximum absolute atomic E-state index is 3.71. The van der Waals surface area contributed by atoms with Crippen molar-refractivity contribution in [2.24, 2.45) is 5.92 Å². The van der Waals surface area contributed by atoms with Gasteiger partial charge in [-0.1, -0.05) is 39.7 Å². The van der Waals surface area contributed by atoms with Gasteiger partial charge in [0.25, 0.3) is 0 Å². The molecule has 0 aliphatic carbocycles. The molecular formula is C15H27NS. The lowest BCUT2D eigenvalue weighted by molar-refractivity contribution is 0.364. The molecule has 0 saturated carbocycles. The van der Waals surface area contributed by atoms with Crippen LogP contribution in [0, 0.1) is 5.92 Å². The molecule has 2 heteroatoms. The second-order valence-corrected chi connectivity index (χ2v) is 5.89. The van der Waals surface area contributed by atoms with Crippen molar-refractivity contribution in [1.29, 1.82) is 0 Å². The van der Waals surface area contributed by atoms with Crippen molar-refractivity contribution in [2.75, 3.05) is 6.54 Å². The first kappa shape index (κ1) is 14.7. The van der Waals surface area contributed by atoms with E-state index in [0.29, 0.717) is 6.04 Å². The molecule has 1 aromatic rings. The summed E-state index contributed by atoms with van der Waals surface area (Å²) in [6.07, 6.45) is 6.37. The number of hydrogen-bond donors (Lipinski definition) is 1. The molecule has 1 aromatic heterocycles. The van der Waals surface area contributed by atoms with Gasteiger partial charge in [0.05, 0.1) is 0 Å². The van der Waals surface area contributed by atoms with Gasteiger partial charge in [0.15, 0.2) is 0 Å². The van der Waals surface area contributed by atoms with E-state index in [0.717, 1.165) is 12.5 Å². The molecule has 98 valence electrons. The van der Waals surface area contributed by atoms with Crippen LogP contribution in [0.4, 0.5) is 0 Å². The Hall–Kier alpha value is -0.340. The second kappa shape index (κ2) is 8.71. The minimum absolute atomic E-state index is 0.665. The molecule has 1 nitrogen and oxygen atoms in total. The molecule has 0 saturated heterocycles. The van der Waals surface area contributed by atoms with Gasteiger partial charge >= 0.3 is 0 Å². The van der Waals surface area contributed by atoms with E-state index in [1.54, 1.807) is 0 Å². The third-order valence-electron chi connectivity index (χ3n) is 3.48. The summed E-state index contributed by atoms with van der Waals surface area (Å²) in [7, 11) is 0. The van der Waals surface area contributed by atoms with E-state index in [2.05, 4.69) is 43.6 Å². The Morgan fingerprint density at radius 1 is 1.24 bits per heavy atom. The van der Waals surface area contributed by atoms with Crippen LogP contribution in [0.15, 0.2) is 17.5 Å². The summed E-state index contributed by atoms with van der Waals surface area (Å²) in [4.78, 5) is 1.52. The van der Waals surface area contributed by atoms with E-state index in [-0.39, 0.29) is 0 Å². The molecule has 0 aliphatic heterocycles. The molecular weight excluding hydrogens is 226 g/mol. The van der Waals surface area contributed by atoms with Gasteiger partial charge in [-0.05, 0) is 43.2 Å². The quantitative estimate of drug-likeness (QED) is 0.684. The van der Waals surface area contributed by atoms with Crippen LogP contribution >= 0.6 is 11.3 Å². The second-order valence-electron chi connectivity index (χ2n) is 4.85. The molecule has 0 radical (unpaired) electrons. The van der Waals surface area contributed by atoms with Crippen LogP contribution in [0.2, 0.25) is 0 Å². The Balaban J connectivity index is 2.47. The summed E-state index contributed by atoms with van der Waals surface area (Å²) in [5, 5.41) is 5.90. The highest BCUT2D eigenvalue weighted by Gasteiger charge is 2.14. The lowest BCUT2D eigenvalue weighted by Gasteiger charge is -2.22. The fourth-order valence-corrected chi connectivity index (χ4v) is 3.07. The molecule has 1 unspecified atom stereocenters. The summed E-state index contributed by atoms with van der Waals surface area (Å²) in [5.74, 6) is 0.879. The first-order valence-electron chi connectivity index (χ1n) is 7.05. The summed E-state index contributed by atoms with van der Waals surface area (Å²) < 4.78 is 0. The highest BCUT2D eigenvalue weighted by Crippen LogP contribution is 2.19. The topological polar surface area (TPSA) is 12.0 Å². The molecule has 1 N–H and O–H groups in total. The molecule has 1 atom stereocenters. The monoisotopic (exact) mass is 253 g/mol. The van der Waals surface area contributed by atoms with Crippen molar-refractivity contribution in [2.45, 2.75) is 58.9 Å². The van der Waals surface area contributed by atoms with Crippen molar-refractivity contribution in [1.82, 2.24) is 5.32 Å². The van der Waals surface area contributed by atoms with Gasteiger partial charge in [0, 0.05) is 10.9 Å². The highest BCUT2D eigenvalue weighted by molar-refractivity contribution is 7.09. The van der Waals surface area contributed by atoms with Gasteiger partial charge in [-0.2, -0.15) is 0 Å². The maximum atomic E-state index is 3.71. The zero-order valence-corrected chi connectivity index (χ0v) is 12.4. The predicted octanol–water partition coefficient (Wildman–Crippen LogP) is 4.49. The summed E-state index contributed by atoms with van der Waals surface area (Å²) in [6, 6.07) is 5.09. The van der Waals surface area contributed by atoms with E-state index in [9.17, 15) is 0 Å². The van der Waals surface area contributed by atoms with Crippen LogP contribution in [0.5, 0.6) is 0 Å². The molecule has 0 aliphatic rings. The lowest BCUT2D eigenvalue weighted by atomic mass is 9.93. The zero-order valence-electron chi connectivity index (χ0n) is 11.5. The van der Waals surface area contributed by atoms with Crippen LogP contribution in [0.3, 0.4) is 0 Å². The number of nitrogens with one attached hydrogen (secondary N) is 1. The van der Waals surface area contributed by atoms with E-state index in [1.807, 2.05) is 11.3 Å². The zero-order chi connectivity index (χ0) is 12.5. The van der Waals surface area contributed by atoms with Crippen molar-refractivity contribution >= 4 is 11.3 Å². The summed E-state index contributed by atoms with van der Waals surface area (Å²) >= 11 is 1.89. The first-order chi connectivity index (χ1) is 8.30. The third-order valence-corrected chi connectivity index (χ3v) is 4.38. The fraction of sp³-hybridized carbons (Fsp3) is 0.733. The van der Waals surface area contributed by atoms with E-state index >= 15 is 0 Å². The molecule has 0 fully saturated rings. The summed E-state index contributed by atoms with van der Waals surface area (Å²) in [6.45, 7) is 8.02. The van der Waals surface area contributed by atoms with E-state index in [1.165, 1.54) is 37.0 Å². The van der Waals surface area contributed by atoms with Gasteiger partial charge in [-0.15, -0.1) is 11.3 Å². The highest BCUT2D eigenvalue weighted by atomic mass is 32.1. The van der Waals surface area contributed by atoms with Crippen molar-refractivity contribution in [3.8, 4) is 0 Å². The average molecular weight is 253 g/mol. The first-order valence-corrected chi connectivity index (χ1v) is 7.93. The Kier molecular flexibility index (Phi) is 7.54. The van der Waals surface area contributed by atoms with Gasteiger partial charge in [0.1, 0.15) is 0 Å². The Labute approximate surface area is 111 Å². The van der Waals surface area contributed by atoms with Gasteiger partial charge < -0.3 is 5.32 Å². The molecule has 0 spiro atoms. The third kappa shape index (κ3) is 5.69. The predicted molar refractivity (Wildman–Crippen MR) is 78.8 cm³/mol. The van der Waals surface area contributed by atoms with Gasteiger partial charge in [0.2, 0.25) is 0 Å². The number of hydrogen-bond acceptors (Lipinski definition) is 2. The normalized spacial score (nSPS) is 13.2. The van der Waals surface area contributed by atoms with Crippen LogP contribution in [-0.2, 0) is 6.42 Å². The minimum atomic E-state index is 0.665. The Morgan fingerprint density at radius 3 is 2.53 bits per heavy atom. The van der Waals surface area contributed by atoms with Crippen molar-refractivity contribution in [3.63, 3.8) is 0 Å². The van der Waals surface area contributed by atoms with Gasteiger partial charge in [-0.25, -0.2) is 0 Å².